The van der Waals surface area contributed by atoms with E-state index in [0.717, 1.165) is 11.8 Å². The SMILES string of the molecule is c1cc(C2CCNC2)cc(C2CSC2)c1. The zero-order valence-electron chi connectivity index (χ0n) is 8.91. The van der Waals surface area contributed by atoms with Crippen molar-refractivity contribution in [1.29, 1.82) is 0 Å². The van der Waals surface area contributed by atoms with Gasteiger partial charge in [0, 0.05) is 24.0 Å². The van der Waals surface area contributed by atoms with Crippen LogP contribution >= 0.6 is 11.8 Å². The van der Waals surface area contributed by atoms with E-state index in [9.17, 15) is 0 Å². The molecule has 0 spiro atoms. The van der Waals surface area contributed by atoms with E-state index < -0.39 is 0 Å². The molecule has 80 valence electrons. The van der Waals surface area contributed by atoms with Gasteiger partial charge in [0.25, 0.3) is 0 Å². The van der Waals surface area contributed by atoms with Gasteiger partial charge in [0.1, 0.15) is 0 Å². The average Bonchev–Trinajstić information content (AvgIpc) is 2.68. The third-order valence-electron chi connectivity index (χ3n) is 3.55. The summed E-state index contributed by atoms with van der Waals surface area (Å²) in [5.41, 5.74) is 3.12. The van der Waals surface area contributed by atoms with Crippen molar-refractivity contribution in [3.8, 4) is 0 Å². The van der Waals surface area contributed by atoms with Crippen LogP contribution in [0.1, 0.15) is 29.4 Å². The molecule has 1 nitrogen and oxygen atoms in total. The summed E-state index contributed by atoms with van der Waals surface area (Å²) in [6.45, 7) is 2.36. The molecule has 2 heterocycles. The van der Waals surface area contributed by atoms with E-state index >= 15 is 0 Å². The van der Waals surface area contributed by atoms with Crippen LogP contribution in [0.4, 0.5) is 0 Å². The van der Waals surface area contributed by atoms with Crippen LogP contribution in [-0.2, 0) is 0 Å². The highest BCUT2D eigenvalue weighted by molar-refractivity contribution is 8.00. The monoisotopic (exact) mass is 219 g/mol. The molecule has 2 heteroatoms. The standard InChI is InChI=1S/C13H17NS/c1-2-10(12-4-5-14-7-12)6-11(3-1)13-8-15-9-13/h1-3,6,12-14H,4-5,7-9H2. The molecule has 3 rings (SSSR count). The molecule has 2 aliphatic heterocycles. The van der Waals surface area contributed by atoms with Crippen molar-refractivity contribution >= 4 is 11.8 Å². The summed E-state index contributed by atoms with van der Waals surface area (Å²) in [5, 5.41) is 3.44. The fraction of sp³-hybridized carbons (Fsp3) is 0.538. The van der Waals surface area contributed by atoms with E-state index in [0.29, 0.717) is 0 Å². The molecule has 15 heavy (non-hydrogen) atoms. The number of hydrogen-bond donors (Lipinski definition) is 1. The van der Waals surface area contributed by atoms with Gasteiger partial charge in [0.2, 0.25) is 0 Å². The molecular formula is C13H17NS. The van der Waals surface area contributed by atoms with Crippen LogP contribution < -0.4 is 5.32 Å². The second-order valence-corrected chi connectivity index (χ2v) is 5.67. The normalized spacial score (nSPS) is 26.5. The molecule has 1 aromatic carbocycles. The van der Waals surface area contributed by atoms with Crippen LogP contribution in [0.2, 0.25) is 0 Å². The lowest BCUT2D eigenvalue weighted by Crippen LogP contribution is -2.16. The molecule has 1 unspecified atom stereocenters. The summed E-state index contributed by atoms with van der Waals surface area (Å²) in [6.07, 6.45) is 1.31. The smallest absolute Gasteiger partial charge is 0.00206 e. The van der Waals surface area contributed by atoms with Gasteiger partial charge < -0.3 is 5.32 Å². The number of benzene rings is 1. The summed E-state index contributed by atoms with van der Waals surface area (Å²) in [6, 6.07) is 9.29. The molecule has 0 radical (unpaired) electrons. The molecular weight excluding hydrogens is 202 g/mol. The maximum absolute atomic E-state index is 3.44. The van der Waals surface area contributed by atoms with Crippen LogP contribution in [0.5, 0.6) is 0 Å². The van der Waals surface area contributed by atoms with Crippen molar-refractivity contribution in [2.24, 2.45) is 0 Å². The van der Waals surface area contributed by atoms with Crippen LogP contribution in [0.25, 0.3) is 0 Å². The van der Waals surface area contributed by atoms with Gasteiger partial charge >= 0.3 is 0 Å². The Balaban J connectivity index is 1.81. The largest absolute Gasteiger partial charge is 0.316 e. The summed E-state index contributed by atoms with van der Waals surface area (Å²) >= 11 is 2.07. The Labute approximate surface area is 95.6 Å². The summed E-state index contributed by atoms with van der Waals surface area (Å²) in [7, 11) is 0. The molecule has 1 N–H and O–H groups in total. The molecule has 0 amide bonds. The Morgan fingerprint density at radius 1 is 1.13 bits per heavy atom. The molecule has 0 aliphatic carbocycles. The van der Waals surface area contributed by atoms with Gasteiger partial charge in [-0.15, -0.1) is 0 Å². The number of rotatable bonds is 2. The highest BCUT2D eigenvalue weighted by Crippen LogP contribution is 2.35. The molecule has 0 aromatic heterocycles. The van der Waals surface area contributed by atoms with Gasteiger partial charge in [0.05, 0.1) is 0 Å². The minimum absolute atomic E-state index is 0.762. The lowest BCUT2D eigenvalue weighted by Gasteiger charge is -2.26. The maximum atomic E-state index is 3.44. The molecule has 2 fully saturated rings. The first-order chi connectivity index (χ1) is 7.43. The van der Waals surface area contributed by atoms with E-state index in [2.05, 4.69) is 41.3 Å². The van der Waals surface area contributed by atoms with Crippen LogP contribution in [0.3, 0.4) is 0 Å². The van der Waals surface area contributed by atoms with Gasteiger partial charge in [-0.3, -0.25) is 0 Å². The predicted molar refractivity (Wildman–Crippen MR) is 66.7 cm³/mol. The van der Waals surface area contributed by atoms with E-state index in [1.54, 1.807) is 11.1 Å². The maximum Gasteiger partial charge on any atom is 0.00206 e. The number of hydrogen-bond acceptors (Lipinski definition) is 2. The Bertz CT molecular complexity index is 340. The fourth-order valence-electron chi connectivity index (χ4n) is 2.43. The molecule has 1 aromatic rings. The lowest BCUT2D eigenvalue weighted by molar-refractivity contribution is 0.756. The van der Waals surface area contributed by atoms with Crippen molar-refractivity contribution in [1.82, 2.24) is 5.32 Å². The van der Waals surface area contributed by atoms with Gasteiger partial charge in [-0.05, 0) is 30.0 Å². The summed E-state index contributed by atoms with van der Waals surface area (Å²) in [4.78, 5) is 0. The van der Waals surface area contributed by atoms with Crippen molar-refractivity contribution in [3.63, 3.8) is 0 Å². The Morgan fingerprint density at radius 3 is 2.53 bits per heavy atom. The first-order valence-corrected chi connectivity index (χ1v) is 6.97. The molecule has 0 bridgehead atoms. The first-order valence-electron chi connectivity index (χ1n) is 5.82. The van der Waals surface area contributed by atoms with Gasteiger partial charge in [-0.2, -0.15) is 11.8 Å². The Kier molecular flexibility index (Phi) is 2.72. The fourth-order valence-corrected chi connectivity index (χ4v) is 3.29. The second-order valence-electron chi connectivity index (χ2n) is 4.59. The van der Waals surface area contributed by atoms with Gasteiger partial charge in [-0.25, -0.2) is 0 Å². The molecule has 1 atom stereocenters. The Hall–Kier alpha value is -0.470. The molecule has 2 aliphatic rings. The highest BCUT2D eigenvalue weighted by Gasteiger charge is 2.22. The van der Waals surface area contributed by atoms with Crippen molar-refractivity contribution in [2.75, 3.05) is 24.6 Å². The molecule has 0 saturated carbocycles. The van der Waals surface area contributed by atoms with Crippen molar-refractivity contribution in [3.05, 3.63) is 35.4 Å². The van der Waals surface area contributed by atoms with E-state index in [1.807, 2.05) is 0 Å². The predicted octanol–water partition coefficient (Wildman–Crippen LogP) is 2.59. The molecule has 2 saturated heterocycles. The first kappa shape index (κ1) is 9.73. The number of thioether (sulfide) groups is 1. The highest BCUT2D eigenvalue weighted by atomic mass is 32.2. The van der Waals surface area contributed by atoms with Crippen LogP contribution in [-0.4, -0.2) is 24.6 Å². The Morgan fingerprint density at radius 2 is 1.93 bits per heavy atom. The minimum atomic E-state index is 0.762. The van der Waals surface area contributed by atoms with Gasteiger partial charge in [-0.1, -0.05) is 24.3 Å². The summed E-state index contributed by atoms with van der Waals surface area (Å²) in [5.74, 6) is 4.25. The van der Waals surface area contributed by atoms with Crippen molar-refractivity contribution < 1.29 is 0 Å². The van der Waals surface area contributed by atoms with Crippen LogP contribution in [0, 0.1) is 0 Å². The quantitative estimate of drug-likeness (QED) is 0.820. The van der Waals surface area contributed by atoms with E-state index in [4.69, 9.17) is 0 Å². The van der Waals surface area contributed by atoms with E-state index in [1.165, 1.54) is 31.0 Å². The van der Waals surface area contributed by atoms with E-state index in [-0.39, 0.29) is 0 Å². The van der Waals surface area contributed by atoms with Crippen LogP contribution in [0.15, 0.2) is 24.3 Å². The topological polar surface area (TPSA) is 12.0 Å². The third-order valence-corrected chi connectivity index (χ3v) is 4.83. The number of nitrogens with one attached hydrogen (secondary N) is 1. The zero-order valence-corrected chi connectivity index (χ0v) is 9.72. The lowest BCUT2D eigenvalue weighted by atomic mass is 9.93. The van der Waals surface area contributed by atoms with Gasteiger partial charge in [0.15, 0.2) is 0 Å². The zero-order chi connectivity index (χ0) is 10.1. The third kappa shape index (κ3) is 1.93. The second kappa shape index (κ2) is 4.18. The van der Waals surface area contributed by atoms with Crippen molar-refractivity contribution in [2.45, 2.75) is 18.3 Å². The summed E-state index contributed by atoms with van der Waals surface area (Å²) < 4.78 is 0. The average molecular weight is 219 g/mol. The minimum Gasteiger partial charge on any atom is -0.316 e.